The van der Waals surface area contributed by atoms with Gasteiger partial charge in [0, 0.05) is 36.4 Å². The molecule has 3 heterocycles. The maximum Gasteiger partial charge on any atom is 0.418 e. The fourth-order valence-electron chi connectivity index (χ4n) is 4.91. The molecule has 6 nitrogen and oxygen atoms in total. The van der Waals surface area contributed by atoms with Crippen molar-refractivity contribution < 1.29 is 18.3 Å². The molecule has 34 heavy (non-hydrogen) atoms. The monoisotopic (exact) mass is 470 g/mol. The van der Waals surface area contributed by atoms with Crippen molar-refractivity contribution in [1.82, 2.24) is 9.78 Å². The molecule has 2 N–H and O–H groups in total. The van der Waals surface area contributed by atoms with E-state index in [-0.39, 0.29) is 5.69 Å². The van der Waals surface area contributed by atoms with Crippen LogP contribution in [0.1, 0.15) is 28.7 Å². The molecule has 2 aromatic carbocycles. The molecule has 3 aromatic rings. The van der Waals surface area contributed by atoms with Gasteiger partial charge in [0.25, 0.3) is 5.56 Å². The van der Waals surface area contributed by atoms with Crippen molar-refractivity contribution in [2.75, 3.05) is 29.9 Å². The molecule has 0 aliphatic carbocycles. The zero-order valence-electron chi connectivity index (χ0n) is 18.9. The summed E-state index contributed by atoms with van der Waals surface area (Å²) < 4.78 is 43.0. The zero-order chi connectivity index (χ0) is 24.2. The van der Waals surface area contributed by atoms with Gasteiger partial charge in [-0.1, -0.05) is 17.2 Å². The number of aliphatic hydroxyl groups excluding tert-OH is 1. The number of fused-ring (bicyclic) bond motifs is 1. The third-order valence-corrected chi connectivity index (χ3v) is 6.41. The normalized spacial score (nSPS) is 17.7. The average molecular weight is 470 g/mol. The number of nitrogens with zero attached hydrogens (tertiary/aromatic N) is 3. The molecule has 1 fully saturated rings. The van der Waals surface area contributed by atoms with Crippen molar-refractivity contribution in [3.05, 3.63) is 69.0 Å². The summed E-state index contributed by atoms with van der Waals surface area (Å²) in [5.74, 6) is 0. The number of halogens is 3. The SMILES string of the molecule is Cc1cc(C)cc(-c2nn(-c3cc(N4CC[C@H](O)C4)ccc3C(F)(F)F)c(=O)c3c2CCN3)c1. The van der Waals surface area contributed by atoms with Gasteiger partial charge < -0.3 is 15.3 Å². The van der Waals surface area contributed by atoms with Gasteiger partial charge in [0.15, 0.2) is 0 Å². The van der Waals surface area contributed by atoms with Gasteiger partial charge >= 0.3 is 6.18 Å². The molecule has 0 unspecified atom stereocenters. The van der Waals surface area contributed by atoms with Crippen LogP contribution in [0.25, 0.3) is 16.9 Å². The molecule has 2 aliphatic heterocycles. The first-order chi connectivity index (χ1) is 16.1. The van der Waals surface area contributed by atoms with E-state index in [0.717, 1.165) is 33.0 Å². The quantitative estimate of drug-likeness (QED) is 0.604. The Morgan fingerprint density at radius 3 is 2.50 bits per heavy atom. The zero-order valence-corrected chi connectivity index (χ0v) is 18.9. The van der Waals surface area contributed by atoms with Crippen LogP contribution in [-0.4, -0.2) is 40.6 Å². The average Bonchev–Trinajstić information content (AvgIpc) is 3.42. The lowest BCUT2D eigenvalue weighted by Gasteiger charge is -2.22. The van der Waals surface area contributed by atoms with Gasteiger partial charge in [0.05, 0.1) is 23.0 Å². The summed E-state index contributed by atoms with van der Waals surface area (Å²) in [4.78, 5) is 15.2. The summed E-state index contributed by atoms with van der Waals surface area (Å²) in [6.07, 6.45) is -4.11. The van der Waals surface area contributed by atoms with E-state index < -0.39 is 23.4 Å². The Bertz CT molecular complexity index is 1310. The van der Waals surface area contributed by atoms with Crippen LogP contribution in [0.15, 0.2) is 41.2 Å². The second kappa shape index (κ2) is 8.16. The van der Waals surface area contributed by atoms with Crippen LogP contribution in [0, 0.1) is 13.8 Å². The Labute approximate surface area is 194 Å². The summed E-state index contributed by atoms with van der Waals surface area (Å²) in [6.45, 7) is 5.26. The Kier molecular flexibility index (Phi) is 5.39. The summed E-state index contributed by atoms with van der Waals surface area (Å²) in [6, 6.07) is 9.58. The lowest BCUT2D eigenvalue weighted by Crippen LogP contribution is -2.28. The molecule has 0 spiro atoms. The van der Waals surface area contributed by atoms with E-state index in [9.17, 15) is 23.1 Å². The Hall–Kier alpha value is -3.33. The minimum absolute atomic E-state index is 0.291. The third-order valence-electron chi connectivity index (χ3n) is 6.41. The van der Waals surface area contributed by atoms with E-state index in [1.54, 1.807) is 0 Å². The largest absolute Gasteiger partial charge is 0.418 e. The highest BCUT2D eigenvalue weighted by molar-refractivity contribution is 5.73. The number of aliphatic hydroxyl groups is 1. The molecule has 0 amide bonds. The topological polar surface area (TPSA) is 70.4 Å². The van der Waals surface area contributed by atoms with Crippen molar-refractivity contribution in [3.8, 4) is 16.9 Å². The first-order valence-corrected chi connectivity index (χ1v) is 11.2. The number of benzene rings is 2. The molecule has 0 bridgehead atoms. The van der Waals surface area contributed by atoms with Gasteiger partial charge in [-0.15, -0.1) is 0 Å². The fourth-order valence-corrected chi connectivity index (χ4v) is 4.91. The number of aromatic nitrogens is 2. The summed E-state index contributed by atoms with van der Waals surface area (Å²) in [5, 5.41) is 17.5. The Morgan fingerprint density at radius 1 is 1.12 bits per heavy atom. The van der Waals surface area contributed by atoms with Crippen molar-refractivity contribution in [3.63, 3.8) is 0 Å². The van der Waals surface area contributed by atoms with Crippen LogP contribution in [0.2, 0.25) is 0 Å². The minimum Gasteiger partial charge on any atom is -0.391 e. The van der Waals surface area contributed by atoms with E-state index >= 15 is 0 Å². The summed E-state index contributed by atoms with van der Waals surface area (Å²) in [7, 11) is 0. The number of hydrogen-bond acceptors (Lipinski definition) is 5. The van der Waals surface area contributed by atoms with E-state index in [1.807, 2.05) is 36.9 Å². The second-order valence-electron chi connectivity index (χ2n) is 9.06. The molecule has 5 rings (SSSR count). The number of β-amino-alcohol motifs (C(OH)–C–C–N with tert-alkyl or cyclic N) is 1. The predicted molar refractivity (Wildman–Crippen MR) is 125 cm³/mol. The van der Waals surface area contributed by atoms with E-state index in [0.29, 0.717) is 49.5 Å². The third kappa shape index (κ3) is 3.94. The van der Waals surface area contributed by atoms with E-state index in [1.165, 1.54) is 12.1 Å². The Balaban J connectivity index is 1.76. The standard InChI is InChI=1S/C25H25F3N4O2/c1-14-9-15(2)11-16(10-14)22-19-5-7-29-23(19)24(34)32(30-22)21-12-17(31-8-6-18(33)13-31)3-4-20(21)25(26,27)28/h3-4,9-12,18,29,33H,5-8,13H2,1-2H3/t18-/m0/s1. The first-order valence-electron chi connectivity index (χ1n) is 11.2. The maximum absolute atomic E-state index is 14.0. The molecule has 2 aliphatic rings. The van der Waals surface area contributed by atoms with Crippen LogP contribution in [0.4, 0.5) is 24.5 Å². The molecule has 1 aromatic heterocycles. The fraction of sp³-hybridized carbons (Fsp3) is 0.360. The maximum atomic E-state index is 14.0. The molecule has 0 saturated carbocycles. The number of hydrogen-bond donors (Lipinski definition) is 2. The van der Waals surface area contributed by atoms with Gasteiger partial charge in [-0.3, -0.25) is 4.79 Å². The number of rotatable bonds is 3. The highest BCUT2D eigenvalue weighted by atomic mass is 19.4. The van der Waals surface area contributed by atoms with Crippen molar-refractivity contribution in [2.45, 2.75) is 39.0 Å². The van der Waals surface area contributed by atoms with Crippen molar-refractivity contribution >= 4 is 11.4 Å². The first kappa shape index (κ1) is 22.5. The van der Waals surface area contributed by atoms with Crippen LogP contribution in [0.3, 0.4) is 0 Å². The van der Waals surface area contributed by atoms with Gasteiger partial charge in [-0.2, -0.15) is 23.0 Å². The lowest BCUT2D eigenvalue weighted by molar-refractivity contribution is -0.137. The summed E-state index contributed by atoms with van der Waals surface area (Å²) in [5.41, 5.74) is 2.92. The molecule has 178 valence electrons. The highest BCUT2D eigenvalue weighted by Gasteiger charge is 2.36. The number of alkyl halides is 3. The van der Waals surface area contributed by atoms with Crippen LogP contribution >= 0.6 is 0 Å². The molecular formula is C25H25F3N4O2. The van der Waals surface area contributed by atoms with Gasteiger partial charge in [-0.25, -0.2) is 0 Å². The van der Waals surface area contributed by atoms with E-state index in [2.05, 4.69) is 10.4 Å². The van der Waals surface area contributed by atoms with Crippen molar-refractivity contribution in [2.24, 2.45) is 0 Å². The molecule has 1 saturated heterocycles. The van der Waals surface area contributed by atoms with Gasteiger partial charge in [-0.05, 0) is 57.0 Å². The molecule has 1 atom stereocenters. The highest BCUT2D eigenvalue weighted by Crippen LogP contribution is 2.37. The minimum atomic E-state index is -4.67. The molecule has 0 radical (unpaired) electrons. The van der Waals surface area contributed by atoms with E-state index in [4.69, 9.17) is 0 Å². The predicted octanol–water partition coefficient (Wildman–Crippen LogP) is 4.07. The van der Waals surface area contributed by atoms with Crippen LogP contribution in [0.5, 0.6) is 0 Å². The number of anilines is 2. The number of nitrogens with one attached hydrogen (secondary N) is 1. The lowest BCUT2D eigenvalue weighted by atomic mass is 10.0. The van der Waals surface area contributed by atoms with Crippen molar-refractivity contribution in [1.29, 1.82) is 0 Å². The van der Waals surface area contributed by atoms with Crippen LogP contribution in [-0.2, 0) is 12.6 Å². The summed E-state index contributed by atoms with van der Waals surface area (Å²) >= 11 is 0. The van der Waals surface area contributed by atoms with Gasteiger partial charge in [0.2, 0.25) is 0 Å². The molecular weight excluding hydrogens is 445 g/mol. The number of aryl methyl sites for hydroxylation is 2. The van der Waals surface area contributed by atoms with Gasteiger partial charge in [0.1, 0.15) is 5.69 Å². The second-order valence-corrected chi connectivity index (χ2v) is 9.06. The smallest absolute Gasteiger partial charge is 0.391 e. The molecule has 9 heteroatoms. The van der Waals surface area contributed by atoms with Crippen LogP contribution < -0.4 is 15.8 Å². The Morgan fingerprint density at radius 2 is 1.85 bits per heavy atom.